The van der Waals surface area contributed by atoms with E-state index in [0.29, 0.717) is 6.61 Å². The summed E-state index contributed by atoms with van der Waals surface area (Å²) in [4.78, 5) is 9.51. The number of nitrogens with one attached hydrogen (secondary N) is 1. The van der Waals surface area contributed by atoms with Crippen LogP contribution in [0.3, 0.4) is 0 Å². The van der Waals surface area contributed by atoms with Crippen molar-refractivity contribution in [3.63, 3.8) is 0 Å². The predicted octanol–water partition coefficient (Wildman–Crippen LogP) is 3.24. The number of ether oxygens (including phenoxy) is 1. The van der Waals surface area contributed by atoms with Crippen LogP contribution in [-0.4, -0.2) is 29.7 Å². The van der Waals surface area contributed by atoms with E-state index in [2.05, 4.69) is 26.1 Å². The van der Waals surface area contributed by atoms with E-state index in [1.165, 1.54) is 23.4 Å². The first kappa shape index (κ1) is 18.1. The highest BCUT2D eigenvalue weighted by Gasteiger charge is 2.16. The monoisotopic (exact) mass is 293 g/mol. The van der Waals surface area contributed by atoms with Crippen LogP contribution in [0.5, 0.6) is 0 Å². The Labute approximate surface area is 129 Å². The van der Waals surface area contributed by atoms with Gasteiger partial charge in [-0.2, -0.15) is 0 Å². The molecule has 1 unspecified atom stereocenters. The maximum atomic E-state index is 5.64. The molecule has 0 aliphatic rings. The highest BCUT2D eigenvalue weighted by Crippen LogP contribution is 2.19. The van der Waals surface area contributed by atoms with Gasteiger partial charge in [0.2, 0.25) is 0 Å². The lowest BCUT2D eigenvalue weighted by atomic mass is 10.0. The maximum absolute atomic E-state index is 5.64. The second-order valence-corrected chi connectivity index (χ2v) is 5.26. The summed E-state index contributed by atoms with van der Waals surface area (Å²) in [6, 6.07) is 0. The van der Waals surface area contributed by atoms with E-state index in [4.69, 9.17) is 14.7 Å². The summed E-state index contributed by atoms with van der Waals surface area (Å²) in [6.07, 6.45) is 4.05. The summed E-state index contributed by atoms with van der Waals surface area (Å²) < 4.78 is 5.64. The molecule has 0 spiro atoms. The molecule has 1 N–H and O–H groups in total. The molecule has 21 heavy (non-hydrogen) atoms. The van der Waals surface area contributed by atoms with Crippen molar-refractivity contribution in [3.05, 3.63) is 22.8 Å². The Morgan fingerprint density at radius 2 is 1.62 bits per heavy atom. The van der Waals surface area contributed by atoms with Crippen LogP contribution >= 0.6 is 0 Å². The summed E-state index contributed by atoms with van der Waals surface area (Å²) in [7, 11) is 0. The molecule has 1 aromatic heterocycles. The molecule has 0 aromatic carbocycles. The standard InChI is InChI=1S/C17H31N3O/c1-6-11-18-12-10-14-15(7-2)19-17(13(5)21-9-4)20-16(14)8-3/h13,18H,6-12H2,1-5H3. The molecule has 0 bridgehead atoms. The molecule has 0 fully saturated rings. The second-order valence-electron chi connectivity index (χ2n) is 5.26. The Morgan fingerprint density at radius 3 is 2.10 bits per heavy atom. The van der Waals surface area contributed by atoms with Gasteiger partial charge in [0.05, 0.1) is 0 Å². The largest absolute Gasteiger partial charge is 0.371 e. The van der Waals surface area contributed by atoms with Gasteiger partial charge in [0.1, 0.15) is 6.10 Å². The van der Waals surface area contributed by atoms with Gasteiger partial charge < -0.3 is 10.1 Å². The van der Waals surface area contributed by atoms with E-state index in [9.17, 15) is 0 Å². The van der Waals surface area contributed by atoms with Crippen molar-refractivity contribution < 1.29 is 4.74 Å². The molecule has 1 rings (SSSR count). The average molecular weight is 293 g/mol. The van der Waals surface area contributed by atoms with Crippen LogP contribution < -0.4 is 5.32 Å². The minimum atomic E-state index is -0.0298. The van der Waals surface area contributed by atoms with Gasteiger partial charge in [-0.1, -0.05) is 20.8 Å². The van der Waals surface area contributed by atoms with Crippen LogP contribution in [0.15, 0.2) is 0 Å². The number of aromatic nitrogens is 2. The van der Waals surface area contributed by atoms with Crippen molar-refractivity contribution >= 4 is 0 Å². The molecule has 120 valence electrons. The molecule has 0 amide bonds. The zero-order valence-electron chi connectivity index (χ0n) is 14.3. The minimum absolute atomic E-state index is 0.0298. The van der Waals surface area contributed by atoms with Crippen LogP contribution in [0.2, 0.25) is 0 Å². The van der Waals surface area contributed by atoms with Gasteiger partial charge in [-0.3, -0.25) is 0 Å². The fraction of sp³-hybridized carbons (Fsp3) is 0.765. The van der Waals surface area contributed by atoms with Gasteiger partial charge in [0.15, 0.2) is 5.82 Å². The van der Waals surface area contributed by atoms with Crippen molar-refractivity contribution in [3.8, 4) is 0 Å². The quantitative estimate of drug-likeness (QED) is 0.673. The number of aryl methyl sites for hydroxylation is 2. The van der Waals surface area contributed by atoms with E-state index in [-0.39, 0.29) is 6.10 Å². The van der Waals surface area contributed by atoms with Gasteiger partial charge >= 0.3 is 0 Å². The van der Waals surface area contributed by atoms with Crippen LogP contribution in [-0.2, 0) is 24.0 Å². The molecule has 0 saturated carbocycles. The van der Waals surface area contributed by atoms with E-state index >= 15 is 0 Å². The van der Waals surface area contributed by atoms with Gasteiger partial charge in [0.25, 0.3) is 0 Å². The Balaban J connectivity index is 2.95. The summed E-state index contributed by atoms with van der Waals surface area (Å²) in [5.41, 5.74) is 3.69. The highest BCUT2D eigenvalue weighted by atomic mass is 16.5. The van der Waals surface area contributed by atoms with Crippen molar-refractivity contribution in [1.29, 1.82) is 0 Å². The van der Waals surface area contributed by atoms with Crippen molar-refractivity contribution in [1.82, 2.24) is 15.3 Å². The summed E-state index contributed by atoms with van der Waals surface area (Å²) in [6.45, 7) is 13.3. The average Bonchev–Trinajstić information content (AvgIpc) is 2.51. The number of nitrogens with zero attached hydrogens (tertiary/aromatic N) is 2. The van der Waals surface area contributed by atoms with Crippen LogP contribution in [0.25, 0.3) is 0 Å². The van der Waals surface area contributed by atoms with E-state index in [0.717, 1.165) is 38.2 Å². The summed E-state index contributed by atoms with van der Waals surface area (Å²) >= 11 is 0. The lowest BCUT2D eigenvalue weighted by molar-refractivity contribution is 0.0697. The van der Waals surface area contributed by atoms with Crippen molar-refractivity contribution in [2.45, 2.75) is 66.4 Å². The van der Waals surface area contributed by atoms with Gasteiger partial charge in [0, 0.05) is 18.0 Å². The minimum Gasteiger partial charge on any atom is -0.371 e. The van der Waals surface area contributed by atoms with Crippen LogP contribution in [0.4, 0.5) is 0 Å². The SMILES string of the molecule is CCCNCCc1c(CC)nc(C(C)OCC)nc1CC. The normalized spacial score (nSPS) is 12.6. The molecule has 1 aromatic rings. The number of hydrogen-bond acceptors (Lipinski definition) is 4. The van der Waals surface area contributed by atoms with Gasteiger partial charge in [-0.05, 0) is 58.2 Å². The molecular formula is C17H31N3O. The lowest BCUT2D eigenvalue weighted by Gasteiger charge is -2.17. The Morgan fingerprint density at radius 1 is 1.00 bits per heavy atom. The topological polar surface area (TPSA) is 47.0 Å². The molecule has 0 radical (unpaired) electrons. The zero-order chi connectivity index (χ0) is 15.7. The Kier molecular flexibility index (Phi) is 8.47. The lowest BCUT2D eigenvalue weighted by Crippen LogP contribution is -2.20. The van der Waals surface area contributed by atoms with Crippen LogP contribution in [0, 0.1) is 0 Å². The first-order valence-electron chi connectivity index (χ1n) is 8.38. The Bertz CT molecular complexity index is 395. The Hall–Kier alpha value is -1.00. The van der Waals surface area contributed by atoms with Crippen molar-refractivity contribution in [2.24, 2.45) is 0 Å². The second kappa shape index (κ2) is 9.85. The number of hydrogen-bond donors (Lipinski definition) is 1. The fourth-order valence-corrected chi connectivity index (χ4v) is 2.50. The molecule has 0 aliphatic carbocycles. The fourth-order valence-electron chi connectivity index (χ4n) is 2.50. The van der Waals surface area contributed by atoms with E-state index in [1.807, 2.05) is 13.8 Å². The zero-order valence-corrected chi connectivity index (χ0v) is 14.3. The van der Waals surface area contributed by atoms with Gasteiger partial charge in [-0.15, -0.1) is 0 Å². The highest BCUT2D eigenvalue weighted by molar-refractivity contribution is 5.27. The van der Waals surface area contributed by atoms with E-state index in [1.54, 1.807) is 0 Å². The smallest absolute Gasteiger partial charge is 0.157 e. The third-order valence-electron chi connectivity index (χ3n) is 3.62. The third kappa shape index (κ3) is 5.36. The summed E-state index contributed by atoms with van der Waals surface area (Å²) in [5, 5.41) is 3.46. The van der Waals surface area contributed by atoms with Gasteiger partial charge in [-0.25, -0.2) is 9.97 Å². The first-order valence-corrected chi connectivity index (χ1v) is 8.38. The number of rotatable bonds is 10. The van der Waals surface area contributed by atoms with Crippen LogP contribution in [0.1, 0.15) is 69.9 Å². The molecule has 0 saturated heterocycles. The molecule has 1 heterocycles. The summed E-state index contributed by atoms with van der Waals surface area (Å²) in [5.74, 6) is 0.829. The maximum Gasteiger partial charge on any atom is 0.157 e. The van der Waals surface area contributed by atoms with Crippen molar-refractivity contribution in [2.75, 3.05) is 19.7 Å². The molecule has 1 atom stereocenters. The first-order chi connectivity index (χ1) is 10.2. The predicted molar refractivity (Wildman–Crippen MR) is 87.7 cm³/mol. The molecular weight excluding hydrogens is 262 g/mol. The molecule has 4 heteroatoms. The molecule has 0 aliphatic heterocycles. The van der Waals surface area contributed by atoms with E-state index < -0.39 is 0 Å². The molecule has 4 nitrogen and oxygen atoms in total. The third-order valence-corrected chi connectivity index (χ3v) is 3.62.